The SMILES string of the molecule is Cc1oc(CO)cc1S(=O)(=O)N1CC2CCCC2C1. The summed E-state index contributed by atoms with van der Waals surface area (Å²) in [6.07, 6.45) is 3.51. The molecule has 1 aliphatic carbocycles. The van der Waals surface area contributed by atoms with Crippen molar-refractivity contribution in [2.24, 2.45) is 11.8 Å². The predicted octanol–water partition coefficient (Wildman–Crippen LogP) is 1.50. The average molecular weight is 285 g/mol. The maximum absolute atomic E-state index is 12.6. The quantitative estimate of drug-likeness (QED) is 0.913. The summed E-state index contributed by atoms with van der Waals surface area (Å²) < 4.78 is 32.0. The van der Waals surface area contributed by atoms with Crippen molar-refractivity contribution in [2.45, 2.75) is 37.7 Å². The van der Waals surface area contributed by atoms with Crippen molar-refractivity contribution >= 4 is 10.0 Å². The zero-order valence-corrected chi connectivity index (χ0v) is 11.8. The van der Waals surface area contributed by atoms with Gasteiger partial charge in [0.2, 0.25) is 10.0 Å². The summed E-state index contributed by atoms with van der Waals surface area (Å²) in [7, 11) is -3.47. The minimum atomic E-state index is -3.47. The second-order valence-electron chi connectivity index (χ2n) is 5.56. The number of hydrogen-bond acceptors (Lipinski definition) is 4. The van der Waals surface area contributed by atoms with E-state index < -0.39 is 10.0 Å². The molecule has 1 saturated heterocycles. The Morgan fingerprint density at radius 2 is 2.00 bits per heavy atom. The van der Waals surface area contributed by atoms with Crippen molar-refractivity contribution in [3.05, 3.63) is 17.6 Å². The normalized spacial score (nSPS) is 27.9. The van der Waals surface area contributed by atoms with E-state index in [1.807, 2.05) is 0 Å². The lowest BCUT2D eigenvalue weighted by atomic mass is 10.0. The van der Waals surface area contributed by atoms with E-state index in [1.165, 1.54) is 12.5 Å². The summed E-state index contributed by atoms with van der Waals surface area (Å²) in [5, 5.41) is 9.04. The highest BCUT2D eigenvalue weighted by molar-refractivity contribution is 7.89. The Morgan fingerprint density at radius 1 is 1.37 bits per heavy atom. The first-order valence-electron chi connectivity index (χ1n) is 6.72. The molecule has 0 radical (unpaired) electrons. The molecule has 2 fully saturated rings. The molecule has 5 nitrogen and oxygen atoms in total. The molecule has 0 bridgehead atoms. The maximum atomic E-state index is 12.6. The molecule has 3 rings (SSSR count). The molecule has 1 N–H and O–H groups in total. The van der Waals surface area contributed by atoms with Gasteiger partial charge in [-0.05, 0) is 31.6 Å². The van der Waals surface area contributed by atoms with Gasteiger partial charge in [-0.25, -0.2) is 8.42 Å². The Labute approximate surface area is 113 Å². The fraction of sp³-hybridized carbons (Fsp3) is 0.692. The number of aliphatic hydroxyl groups is 1. The highest BCUT2D eigenvalue weighted by atomic mass is 32.2. The van der Waals surface area contributed by atoms with E-state index in [0.29, 0.717) is 36.4 Å². The molecule has 0 amide bonds. The van der Waals surface area contributed by atoms with Crippen LogP contribution in [0.4, 0.5) is 0 Å². The first kappa shape index (κ1) is 13.1. The summed E-state index contributed by atoms with van der Waals surface area (Å²) >= 11 is 0. The molecule has 0 aromatic carbocycles. The molecule has 19 heavy (non-hydrogen) atoms. The van der Waals surface area contributed by atoms with Crippen molar-refractivity contribution in [1.82, 2.24) is 4.31 Å². The van der Waals surface area contributed by atoms with Gasteiger partial charge < -0.3 is 9.52 Å². The Hall–Kier alpha value is -0.850. The van der Waals surface area contributed by atoms with Crippen LogP contribution >= 0.6 is 0 Å². The van der Waals surface area contributed by atoms with Gasteiger partial charge in [-0.15, -0.1) is 0 Å². The highest BCUT2D eigenvalue weighted by Gasteiger charge is 2.42. The van der Waals surface area contributed by atoms with Gasteiger partial charge in [-0.3, -0.25) is 0 Å². The van der Waals surface area contributed by atoms with E-state index in [4.69, 9.17) is 9.52 Å². The molecule has 2 atom stereocenters. The third-order valence-corrected chi connectivity index (χ3v) is 6.33. The summed E-state index contributed by atoms with van der Waals surface area (Å²) in [6, 6.07) is 1.44. The second kappa shape index (κ2) is 4.61. The lowest BCUT2D eigenvalue weighted by Gasteiger charge is -2.16. The standard InChI is InChI=1S/C13H19NO4S/c1-9-13(5-12(8-15)18-9)19(16,17)14-6-10-3-2-4-11(10)7-14/h5,10-11,15H,2-4,6-8H2,1H3. The number of rotatable bonds is 3. The van der Waals surface area contributed by atoms with Gasteiger partial charge in [0.1, 0.15) is 23.0 Å². The number of nitrogens with zero attached hydrogens (tertiary/aromatic N) is 1. The number of sulfonamides is 1. The third-order valence-electron chi connectivity index (χ3n) is 4.39. The van der Waals surface area contributed by atoms with Crippen LogP contribution < -0.4 is 0 Å². The molecule has 2 heterocycles. The molecular weight excluding hydrogens is 266 g/mol. The Kier molecular flexibility index (Phi) is 3.19. The average Bonchev–Trinajstić information content (AvgIpc) is 3.00. The molecule has 1 saturated carbocycles. The van der Waals surface area contributed by atoms with Gasteiger partial charge in [0.15, 0.2) is 0 Å². The topological polar surface area (TPSA) is 70.8 Å². The van der Waals surface area contributed by atoms with Crippen molar-refractivity contribution in [3.63, 3.8) is 0 Å². The smallest absolute Gasteiger partial charge is 0.246 e. The van der Waals surface area contributed by atoms with Gasteiger partial charge in [-0.2, -0.15) is 4.31 Å². The van der Waals surface area contributed by atoms with Gasteiger partial charge in [0, 0.05) is 19.2 Å². The number of aliphatic hydroxyl groups excluding tert-OH is 1. The lowest BCUT2D eigenvalue weighted by molar-refractivity contribution is 0.244. The molecule has 2 unspecified atom stereocenters. The first-order chi connectivity index (χ1) is 9.02. The van der Waals surface area contributed by atoms with Crippen LogP contribution in [0.1, 0.15) is 30.8 Å². The molecule has 1 aliphatic heterocycles. The molecule has 6 heteroatoms. The van der Waals surface area contributed by atoms with E-state index in [9.17, 15) is 8.42 Å². The van der Waals surface area contributed by atoms with Crippen molar-refractivity contribution < 1.29 is 17.9 Å². The van der Waals surface area contributed by atoms with E-state index in [-0.39, 0.29) is 11.5 Å². The van der Waals surface area contributed by atoms with Gasteiger partial charge >= 0.3 is 0 Å². The molecule has 1 aromatic rings. The monoisotopic (exact) mass is 285 g/mol. The number of hydrogen-bond donors (Lipinski definition) is 1. The van der Waals surface area contributed by atoms with Crippen LogP contribution in [0.5, 0.6) is 0 Å². The van der Waals surface area contributed by atoms with E-state index in [1.54, 1.807) is 11.2 Å². The van der Waals surface area contributed by atoms with Crippen molar-refractivity contribution in [2.75, 3.05) is 13.1 Å². The van der Waals surface area contributed by atoms with Crippen LogP contribution in [0.25, 0.3) is 0 Å². The van der Waals surface area contributed by atoms with Gasteiger partial charge in [0.05, 0.1) is 0 Å². The summed E-state index contributed by atoms with van der Waals surface area (Å²) in [5.41, 5.74) is 0. The molecular formula is C13H19NO4S. The minimum absolute atomic E-state index is 0.205. The van der Waals surface area contributed by atoms with Gasteiger partial charge in [-0.1, -0.05) is 6.42 Å². The number of fused-ring (bicyclic) bond motifs is 1. The maximum Gasteiger partial charge on any atom is 0.246 e. The number of aryl methyl sites for hydroxylation is 1. The van der Waals surface area contributed by atoms with Crippen LogP contribution in [-0.4, -0.2) is 30.9 Å². The van der Waals surface area contributed by atoms with Crippen LogP contribution in [0.2, 0.25) is 0 Å². The Morgan fingerprint density at radius 3 is 2.53 bits per heavy atom. The van der Waals surface area contributed by atoms with Gasteiger partial charge in [0.25, 0.3) is 0 Å². The first-order valence-corrected chi connectivity index (χ1v) is 8.16. The summed E-state index contributed by atoms with van der Waals surface area (Å²) in [4.78, 5) is 0.205. The lowest BCUT2D eigenvalue weighted by Crippen LogP contribution is -2.29. The van der Waals surface area contributed by atoms with E-state index in [2.05, 4.69) is 0 Å². The predicted molar refractivity (Wildman–Crippen MR) is 69.0 cm³/mol. The third kappa shape index (κ3) is 2.11. The van der Waals surface area contributed by atoms with Crippen molar-refractivity contribution in [1.29, 1.82) is 0 Å². The zero-order chi connectivity index (χ0) is 13.6. The fourth-order valence-corrected chi connectivity index (χ4v) is 5.12. The Balaban J connectivity index is 1.88. The fourth-order valence-electron chi connectivity index (χ4n) is 3.39. The van der Waals surface area contributed by atoms with Crippen LogP contribution in [0.3, 0.4) is 0 Å². The van der Waals surface area contributed by atoms with Crippen LogP contribution in [-0.2, 0) is 16.6 Å². The molecule has 2 aliphatic rings. The second-order valence-corrected chi connectivity index (χ2v) is 7.47. The van der Waals surface area contributed by atoms with Crippen LogP contribution in [0, 0.1) is 18.8 Å². The van der Waals surface area contributed by atoms with E-state index in [0.717, 1.165) is 12.8 Å². The van der Waals surface area contributed by atoms with Crippen molar-refractivity contribution in [3.8, 4) is 0 Å². The van der Waals surface area contributed by atoms with E-state index >= 15 is 0 Å². The van der Waals surface area contributed by atoms with Crippen LogP contribution in [0.15, 0.2) is 15.4 Å². The summed E-state index contributed by atoms with van der Waals surface area (Å²) in [5.74, 6) is 1.72. The summed E-state index contributed by atoms with van der Waals surface area (Å²) in [6.45, 7) is 2.61. The number of furan rings is 1. The zero-order valence-electron chi connectivity index (χ0n) is 11.0. The molecule has 1 aromatic heterocycles. The highest BCUT2D eigenvalue weighted by Crippen LogP contribution is 2.40. The molecule has 0 spiro atoms. The Bertz CT molecular complexity index is 565. The largest absolute Gasteiger partial charge is 0.462 e. The molecule has 106 valence electrons. The minimum Gasteiger partial charge on any atom is -0.462 e.